The predicted octanol–water partition coefficient (Wildman–Crippen LogP) is 2.44. The summed E-state index contributed by atoms with van der Waals surface area (Å²) in [6.07, 6.45) is 2.11. The molecule has 0 unspecified atom stereocenters. The zero-order valence-electron chi connectivity index (χ0n) is 16.9. The molecule has 2 aromatic heterocycles. The number of thiophene rings is 1. The Morgan fingerprint density at radius 2 is 1.97 bits per heavy atom. The predicted molar refractivity (Wildman–Crippen MR) is 124 cm³/mol. The van der Waals surface area contributed by atoms with Gasteiger partial charge in [-0.15, -0.1) is 11.3 Å². The second-order valence-corrected chi connectivity index (χ2v) is 9.02. The molecule has 156 valence electrons. The Morgan fingerprint density at radius 1 is 1.23 bits per heavy atom. The Balaban J connectivity index is 1.19. The first-order valence-electron chi connectivity index (χ1n) is 10.4. The minimum absolute atomic E-state index is 0.0856. The van der Waals surface area contributed by atoms with E-state index in [0.29, 0.717) is 29.3 Å². The molecule has 3 aliphatic rings. The smallest absolute Gasteiger partial charge is 0.263 e. The third-order valence-electron chi connectivity index (χ3n) is 5.96. The summed E-state index contributed by atoms with van der Waals surface area (Å²) < 4.78 is 0. The average molecular weight is 423 g/mol. The van der Waals surface area contributed by atoms with E-state index in [9.17, 15) is 4.79 Å². The monoisotopic (exact) mass is 422 g/mol. The molecule has 8 heteroatoms. The summed E-state index contributed by atoms with van der Waals surface area (Å²) in [7, 11) is 1.82. The van der Waals surface area contributed by atoms with Gasteiger partial charge in [0.05, 0.1) is 5.69 Å². The van der Waals surface area contributed by atoms with Gasteiger partial charge in [0, 0.05) is 49.8 Å². The van der Waals surface area contributed by atoms with Crippen LogP contribution in [0.5, 0.6) is 0 Å². The van der Waals surface area contributed by atoms with E-state index in [-0.39, 0.29) is 5.91 Å². The normalized spacial score (nSPS) is 20.1. The highest BCUT2D eigenvalue weighted by molar-refractivity contribution is 7.21. The maximum atomic E-state index is 12.8. The van der Waals surface area contributed by atoms with Crippen LogP contribution >= 0.6 is 11.3 Å². The lowest BCUT2D eigenvalue weighted by Gasteiger charge is -2.49. The highest BCUT2D eigenvalue weighted by atomic mass is 32.1. The number of carbonyl (C=O) groups excluding carboxylic acids is 1. The van der Waals surface area contributed by atoms with Crippen LogP contribution in [0.2, 0.25) is 0 Å². The van der Waals surface area contributed by atoms with Crippen molar-refractivity contribution in [1.29, 1.82) is 0 Å². The molecule has 30 heavy (non-hydrogen) atoms. The number of piperidine rings is 1. The van der Waals surface area contributed by atoms with Gasteiger partial charge in [-0.25, -0.2) is 4.98 Å². The number of nitrogen functional groups attached to an aromatic ring is 1. The number of fused-ring (bicyclic) bond motifs is 3. The largest absolute Gasteiger partial charge is 0.386 e. The number of benzene rings is 1. The molecule has 1 aromatic carbocycles. The molecule has 2 atom stereocenters. The number of nitrogens with two attached hydrogens (primary N) is 1. The van der Waals surface area contributed by atoms with Gasteiger partial charge in [-0.1, -0.05) is 12.1 Å². The summed E-state index contributed by atoms with van der Waals surface area (Å²) in [5.74, 6) is 0.372. The summed E-state index contributed by atoms with van der Waals surface area (Å²) >= 11 is 1.36. The maximum absolute atomic E-state index is 12.8. The van der Waals surface area contributed by atoms with Gasteiger partial charge < -0.3 is 26.6 Å². The lowest BCUT2D eigenvalue weighted by atomic mass is 9.91. The van der Waals surface area contributed by atoms with Gasteiger partial charge in [-0.05, 0) is 42.7 Å². The van der Waals surface area contributed by atoms with E-state index in [0.717, 1.165) is 35.4 Å². The molecule has 6 rings (SSSR count). The summed E-state index contributed by atoms with van der Waals surface area (Å²) in [6, 6.07) is 13.7. The number of nitrogens with one attached hydrogen (secondary N) is 3. The number of amides is 1. The number of anilines is 3. The van der Waals surface area contributed by atoms with Crippen LogP contribution in [0.3, 0.4) is 0 Å². The Labute approximate surface area is 179 Å². The maximum Gasteiger partial charge on any atom is 0.263 e. The molecule has 0 spiro atoms. The second kappa shape index (κ2) is 7.77. The molecule has 5 N–H and O–H groups in total. The lowest BCUT2D eigenvalue weighted by Crippen LogP contribution is -2.67. The Kier molecular flexibility index (Phi) is 4.96. The topological polar surface area (TPSA) is 95.3 Å². The van der Waals surface area contributed by atoms with E-state index in [2.05, 4.69) is 50.1 Å². The molecule has 1 amide bonds. The summed E-state index contributed by atoms with van der Waals surface area (Å²) in [5, 5.41) is 10.7. The molecule has 3 fully saturated rings. The third-order valence-corrected chi connectivity index (χ3v) is 7.05. The van der Waals surface area contributed by atoms with Crippen LogP contribution < -0.4 is 26.6 Å². The molecule has 7 nitrogen and oxygen atoms in total. The fraction of sp³-hybridized carbons (Fsp3) is 0.364. The zero-order chi connectivity index (χ0) is 20.7. The van der Waals surface area contributed by atoms with Gasteiger partial charge in [0.2, 0.25) is 0 Å². The minimum Gasteiger partial charge on any atom is -0.386 e. The van der Waals surface area contributed by atoms with Crippen LogP contribution in [0.4, 0.5) is 17.2 Å². The third kappa shape index (κ3) is 3.57. The molecular weight excluding hydrogens is 396 g/mol. The highest BCUT2D eigenvalue weighted by Gasteiger charge is 2.36. The Hall–Kier alpha value is -2.84. The SMILES string of the molecule is CNc1c(C(=O)NCCc2ccc(N3C[C@H]4C[C@@H](C3)N4)cc2)sc2nc(N)ccc12. The van der Waals surface area contributed by atoms with Gasteiger partial charge >= 0.3 is 0 Å². The van der Waals surface area contributed by atoms with Gasteiger partial charge in [0.1, 0.15) is 15.5 Å². The quantitative estimate of drug-likeness (QED) is 0.487. The highest BCUT2D eigenvalue weighted by Crippen LogP contribution is 2.35. The number of hydrogen-bond donors (Lipinski definition) is 4. The standard InChI is InChI=1S/C22H26N6OS/c1-24-19-17-6-7-18(23)27-22(17)30-20(19)21(29)25-9-8-13-2-4-16(5-3-13)28-11-14-10-15(12-28)26-14/h2-7,14-15,24,26H,8-12H2,1H3,(H2,23,27)(H,25,29)/t14-,15+. The van der Waals surface area contributed by atoms with Crippen molar-refractivity contribution in [2.75, 3.05) is 42.6 Å². The lowest BCUT2D eigenvalue weighted by molar-refractivity contribution is 0.0959. The van der Waals surface area contributed by atoms with Crippen molar-refractivity contribution in [2.24, 2.45) is 0 Å². The summed E-state index contributed by atoms with van der Waals surface area (Å²) in [5.41, 5.74) is 9.09. The van der Waals surface area contributed by atoms with Crippen molar-refractivity contribution in [1.82, 2.24) is 15.6 Å². The number of nitrogens with zero attached hydrogens (tertiary/aromatic N) is 2. The molecule has 2 bridgehead atoms. The van der Waals surface area contributed by atoms with Crippen LogP contribution in [0.15, 0.2) is 36.4 Å². The number of piperazine rings is 1. The first-order valence-corrected chi connectivity index (χ1v) is 11.2. The Morgan fingerprint density at radius 3 is 2.67 bits per heavy atom. The van der Waals surface area contributed by atoms with E-state index >= 15 is 0 Å². The molecule has 3 aromatic rings. The molecule has 3 aliphatic heterocycles. The van der Waals surface area contributed by atoms with Crippen molar-refractivity contribution in [3.63, 3.8) is 0 Å². The first kappa shape index (κ1) is 19.1. The van der Waals surface area contributed by atoms with Crippen LogP contribution in [0.25, 0.3) is 10.2 Å². The van der Waals surface area contributed by atoms with Gasteiger partial charge in [0.15, 0.2) is 0 Å². The van der Waals surface area contributed by atoms with Crippen molar-refractivity contribution in [2.45, 2.75) is 24.9 Å². The van der Waals surface area contributed by atoms with Gasteiger partial charge in [-0.2, -0.15) is 0 Å². The molecule has 0 aliphatic carbocycles. The van der Waals surface area contributed by atoms with Crippen LogP contribution in [0, 0.1) is 0 Å². The van der Waals surface area contributed by atoms with E-state index in [4.69, 9.17) is 5.73 Å². The molecular formula is C22H26N6OS. The number of carbonyl (C=O) groups is 1. The van der Waals surface area contributed by atoms with E-state index < -0.39 is 0 Å². The number of hydrogen-bond acceptors (Lipinski definition) is 7. The summed E-state index contributed by atoms with van der Waals surface area (Å²) in [6.45, 7) is 2.77. The van der Waals surface area contributed by atoms with Crippen molar-refractivity contribution in [3.8, 4) is 0 Å². The van der Waals surface area contributed by atoms with E-state index in [1.165, 1.54) is 29.0 Å². The molecule has 0 radical (unpaired) electrons. The molecule has 5 heterocycles. The van der Waals surface area contributed by atoms with E-state index in [1.807, 2.05) is 13.1 Å². The van der Waals surface area contributed by atoms with Crippen LogP contribution in [-0.2, 0) is 6.42 Å². The van der Waals surface area contributed by atoms with Crippen molar-refractivity contribution < 1.29 is 4.79 Å². The molecule has 0 saturated carbocycles. The Bertz CT molecular complexity index is 1060. The summed E-state index contributed by atoms with van der Waals surface area (Å²) in [4.78, 5) is 21.0. The fourth-order valence-corrected chi connectivity index (χ4v) is 5.50. The van der Waals surface area contributed by atoms with E-state index in [1.54, 1.807) is 6.07 Å². The average Bonchev–Trinajstić information content (AvgIpc) is 3.11. The van der Waals surface area contributed by atoms with Crippen molar-refractivity contribution in [3.05, 3.63) is 46.8 Å². The fourth-order valence-electron chi connectivity index (χ4n) is 4.40. The number of rotatable bonds is 6. The number of aromatic nitrogens is 1. The van der Waals surface area contributed by atoms with Crippen LogP contribution in [0.1, 0.15) is 21.7 Å². The second-order valence-electron chi connectivity index (χ2n) is 8.02. The van der Waals surface area contributed by atoms with Gasteiger partial charge in [-0.3, -0.25) is 4.79 Å². The van der Waals surface area contributed by atoms with Crippen molar-refractivity contribution >= 4 is 44.7 Å². The van der Waals surface area contributed by atoms with Crippen LogP contribution in [-0.4, -0.2) is 49.7 Å². The first-order chi connectivity index (χ1) is 14.6. The molecule has 3 saturated heterocycles. The number of pyridine rings is 1. The minimum atomic E-state index is -0.0856. The zero-order valence-corrected chi connectivity index (χ0v) is 17.8. The van der Waals surface area contributed by atoms with Gasteiger partial charge in [0.25, 0.3) is 5.91 Å².